The van der Waals surface area contributed by atoms with Crippen molar-refractivity contribution in [3.05, 3.63) is 35.6 Å². The molecule has 1 unspecified atom stereocenters. The molecular weight excluding hydrogens is 299 g/mol. The second-order valence-electron chi connectivity index (χ2n) is 5.02. The zero-order valence-electron chi connectivity index (χ0n) is 11.5. The molecule has 0 spiro atoms. The first-order valence-corrected chi connectivity index (χ1v) is 6.60. The minimum atomic E-state index is -1.09. The maximum Gasteiger partial charge on any atom is 0.240 e. The van der Waals surface area contributed by atoms with Crippen molar-refractivity contribution in [1.82, 2.24) is 5.32 Å². The zero-order valence-corrected chi connectivity index (χ0v) is 12.4. The lowest BCUT2D eigenvalue weighted by atomic mass is 9.90. The number of ether oxygens (including phenoxy) is 1. The maximum absolute atomic E-state index is 13.5. The van der Waals surface area contributed by atoms with E-state index in [1.54, 1.807) is 12.1 Å². The average molecular weight is 319 g/mol. The first-order valence-electron chi connectivity index (χ1n) is 6.60. The molecule has 1 atom stereocenters. The third-order valence-electron chi connectivity index (χ3n) is 3.56. The molecule has 1 heterocycles. The maximum atomic E-state index is 13.5. The second kappa shape index (κ2) is 7.70. The predicted molar refractivity (Wildman–Crippen MR) is 78.6 cm³/mol. The topological polar surface area (TPSA) is 84.6 Å². The monoisotopic (exact) mass is 318 g/mol. The number of nitrogens with one attached hydrogen (secondary N) is 1. The number of hydrogen-bond acceptors (Lipinski definition) is 4. The van der Waals surface area contributed by atoms with Crippen LogP contribution in [0.2, 0.25) is 0 Å². The van der Waals surface area contributed by atoms with Crippen LogP contribution < -0.4 is 11.1 Å². The highest BCUT2D eigenvalue weighted by molar-refractivity contribution is 5.86. The van der Waals surface area contributed by atoms with Crippen LogP contribution in [-0.4, -0.2) is 36.3 Å². The Hall–Kier alpha value is -1.21. The van der Waals surface area contributed by atoms with E-state index < -0.39 is 17.5 Å². The summed E-state index contributed by atoms with van der Waals surface area (Å²) < 4.78 is 18.6. The number of nitrogens with two attached hydrogens (primary N) is 1. The molecule has 0 saturated carbocycles. The molecule has 0 bridgehead atoms. The van der Waals surface area contributed by atoms with Crippen LogP contribution in [0, 0.1) is 5.82 Å². The Bertz CT molecular complexity index is 481. The largest absolute Gasteiger partial charge is 0.386 e. The number of carbonyl (C=O) groups is 1. The summed E-state index contributed by atoms with van der Waals surface area (Å²) in [4.78, 5) is 12.0. The van der Waals surface area contributed by atoms with E-state index in [4.69, 9.17) is 10.5 Å². The molecule has 118 valence electrons. The van der Waals surface area contributed by atoms with Crippen molar-refractivity contribution < 1.29 is 19.0 Å². The van der Waals surface area contributed by atoms with Crippen molar-refractivity contribution in [1.29, 1.82) is 0 Å². The summed E-state index contributed by atoms with van der Waals surface area (Å²) >= 11 is 0. The molecule has 21 heavy (non-hydrogen) atoms. The van der Waals surface area contributed by atoms with Crippen LogP contribution in [0.4, 0.5) is 4.39 Å². The fraction of sp³-hybridized carbons (Fsp3) is 0.500. The lowest BCUT2D eigenvalue weighted by Gasteiger charge is -2.32. The molecule has 7 heteroatoms. The first kappa shape index (κ1) is 17.8. The van der Waals surface area contributed by atoms with E-state index in [1.165, 1.54) is 12.1 Å². The quantitative estimate of drug-likeness (QED) is 0.770. The van der Waals surface area contributed by atoms with E-state index in [-0.39, 0.29) is 30.4 Å². The van der Waals surface area contributed by atoms with E-state index in [0.29, 0.717) is 26.1 Å². The molecular formula is C14H20ClFN2O3. The highest BCUT2D eigenvalue weighted by Gasteiger charge is 2.35. The number of rotatable bonds is 4. The zero-order chi connectivity index (χ0) is 14.6. The molecule has 4 N–H and O–H groups in total. The predicted octanol–water partition coefficient (Wildman–Crippen LogP) is 0.905. The van der Waals surface area contributed by atoms with Gasteiger partial charge in [-0.2, -0.15) is 0 Å². The summed E-state index contributed by atoms with van der Waals surface area (Å²) in [7, 11) is 0. The summed E-state index contributed by atoms with van der Waals surface area (Å²) in [5, 5.41) is 12.5. The minimum Gasteiger partial charge on any atom is -0.386 e. The van der Waals surface area contributed by atoms with Crippen molar-refractivity contribution in [2.75, 3.05) is 19.8 Å². The lowest BCUT2D eigenvalue weighted by Crippen LogP contribution is -2.57. The van der Waals surface area contributed by atoms with Gasteiger partial charge >= 0.3 is 0 Å². The number of aliphatic hydroxyl groups excluding tert-OH is 1. The van der Waals surface area contributed by atoms with Gasteiger partial charge in [0.1, 0.15) is 5.82 Å². The molecule has 2 rings (SSSR count). The van der Waals surface area contributed by atoms with Gasteiger partial charge in [0.25, 0.3) is 0 Å². The molecule has 0 aromatic heterocycles. The molecule has 1 aliphatic rings. The SMILES string of the molecule is Cl.NC1(C(=O)NCC(O)c2ccccc2F)CCOCC1. The van der Waals surface area contributed by atoms with Gasteiger partial charge in [-0.1, -0.05) is 18.2 Å². The van der Waals surface area contributed by atoms with Crippen LogP contribution >= 0.6 is 12.4 Å². The van der Waals surface area contributed by atoms with Crippen LogP contribution in [0.1, 0.15) is 24.5 Å². The molecule has 1 fully saturated rings. The second-order valence-corrected chi connectivity index (χ2v) is 5.02. The van der Waals surface area contributed by atoms with E-state index >= 15 is 0 Å². The van der Waals surface area contributed by atoms with E-state index in [2.05, 4.69) is 5.32 Å². The van der Waals surface area contributed by atoms with Gasteiger partial charge in [-0.3, -0.25) is 4.79 Å². The van der Waals surface area contributed by atoms with Crippen LogP contribution in [-0.2, 0) is 9.53 Å². The molecule has 1 saturated heterocycles. The minimum absolute atomic E-state index is 0. The van der Waals surface area contributed by atoms with Gasteiger partial charge in [0.05, 0.1) is 11.6 Å². The Morgan fingerprint density at radius 2 is 2.05 bits per heavy atom. The molecule has 5 nitrogen and oxygen atoms in total. The standard InChI is InChI=1S/C14H19FN2O3.ClH/c15-11-4-2-1-3-10(11)12(18)9-17-13(19)14(16)5-7-20-8-6-14;/h1-4,12,18H,5-9,16H2,(H,17,19);1H. The summed E-state index contributed by atoms with van der Waals surface area (Å²) in [6.45, 7) is 0.819. The fourth-order valence-corrected chi connectivity index (χ4v) is 2.18. The molecule has 1 aromatic rings. The lowest BCUT2D eigenvalue weighted by molar-refractivity contribution is -0.130. The van der Waals surface area contributed by atoms with Gasteiger partial charge in [-0.05, 0) is 18.9 Å². The van der Waals surface area contributed by atoms with Crippen molar-refractivity contribution in [2.24, 2.45) is 5.73 Å². The Kier molecular flexibility index (Phi) is 6.54. The van der Waals surface area contributed by atoms with Crippen molar-refractivity contribution in [3.8, 4) is 0 Å². The Morgan fingerprint density at radius 1 is 1.43 bits per heavy atom. The Balaban J connectivity index is 0.00000220. The fourth-order valence-electron chi connectivity index (χ4n) is 2.18. The summed E-state index contributed by atoms with van der Waals surface area (Å²) in [6.07, 6.45) is -0.216. The first-order chi connectivity index (χ1) is 9.53. The highest BCUT2D eigenvalue weighted by atomic mass is 35.5. The number of halogens is 2. The van der Waals surface area contributed by atoms with Crippen LogP contribution in [0.5, 0.6) is 0 Å². The summed E-state index contributed by atoms with van der Waals surface area (Å²) in [6, 6.07) is 5.93. The van der Waals surface area contributed by atoms with Gasteiger partial charge in [0.2, 0.25) is 5.91 Å². The molecule has 1 aromatic carbocycles. The Labute approximate surface area is 129 Å². The molecule has 1 amide bonds. The van der Waals surface area contributed by atoms with Crippen molar-refractivity contribution >= 4 is 18.3 Å². The summed E-state index contributed by atoms with van der Waals surface area (Å²) in [5.41, 5.74) is 5.20. The third kappa shape index (κ3) is 4.38. The third-order valence-corrected chi connectivity index (χ3v) is 3.56. The van der Waals surface area contributed by atoms with Gasteiger partial charge in [0.15, 0.2) is 0 Å². The van der Waals surface area contributed by atoms with Crippen LogP contribution in [0.25, 0.3) is 0 Å². The average Bonchev–Trinajstić information content (AvgIpc) is 2.45. The van der Waals surface area contributed by atoms with Crippen LogP contribution in [0.3, 0.4) is 0 Å². The van der Waals surface area contributed by atoms with Gasteiger partial charge in [-0.15, -0.1) is 12.4 Å². The Morgan fingerprint density at radius 3 is 2.67 bits per heavy atom. The summed E-state index contributed by atoms with van der Waals surface area (Å²) in [5.74, 6) is -0.834. The smallest absolute Gasteiger partial charge is 0.240 e. The van der Waals surface area contributed by atoms with E-state index in [1.807, 2.05) is 0 Å². The number of aliphatic hydroxyl groups is 1. The number of benzene rings is 1. The van der Waals surface area contributed by atoms with Crippen LogP contribution in [0.15, 0.2) is 24.3 Å². The normalized spacial score (nSPS) is 18.4. The highest BCUT2D eigenvalue weighted by Crippen LogP contribution is 2.19. The number of carbonyl (C=O) groups excluding carboxylic acids is 1. The molecule has 0 aliphatic carbocycles. The molecule has 0 radical (unpaired) electrons. The number of amides is 1. The van der Waals surface area contributed by atoms with Crippen molar-refractivity contribution in [2.45, 2.75) is 24.5 Å². The van der Waals surface area contributed by atoms with E-state index in [0.717, 1.165) is 0 Å². The van der Waals surface area contributed by atoms with E-state index in [9.17, 15) is 14.3 Å². The van der Waals surface area contributed by atoms with Gasteiger partial charge < -0.3 is 20.9 Å². The van der Waals surface area contributed by atoms with Gasteiger partial charge in [-0.25, -0.2) is 4.39 Å². The van der Waals surface area contributed by atoms with Crippen molar-refractivity contribution in [3.63, 3.8) is 0 Å². The van der Waals surface area contributed by atoms with Gasteiger partial charge in [0, 0.05) is 25.3 Å². The molecule has 1 aliphatic heterocycles. The number of hydrogen-bond donors (Lipinski definition) is 3.